The summed E-state index contributed by atoms with van der Waals surface area (Å²) >= 11 is 0. The maximum atomic E-state index is 14.5. The van der Waals surface area contributed by atoms with Crippen molar-refractivity contribution in [3.63, 3.8) is 0 Å². The SMILES string of the molecule is COc1ccc2c(C(=O)N(C)CC(=O)O)cccc2c1C(F)(F)C(F)(F)C(F)(F)F. The van der Waals surface area contributed by atoms with Crippen molar-refractivity contribution in [1.82, 2.24) is 4.90 Å². The molecule has 0 heterocycles. The molecule has 2 aromatic rings. The second-order valence-electron chi connectivity index (χ2n) is 6.25. The third-order valence-electron chi connectivity index (χ3n) is 4.26. The van der Waals surface area contributed by atoms with Gasteiger partial charge >= 0.3 is 24.0 Å². The predicted octanol–water partition coefficient (Wildman–Crippen LogP) is 4.29. The highest BCUT2D eigenvalue weighted by atomic mass is 19.4. The van der Waals surface area contributed by atoms with Gasteiger partial charge in [0.25, 0.3) is 5.91 Å². The number of benzene rings is 2. The van der Waals surface area contributed by atoms with Crippen LogP contribution in [0.1, 0.15) is 15.9 Å². The molecule has 1 N–H and O–H groups in total. The second kappa shape index (κ2) is 7.65. The Balaban J connectivity index is 2.81. The zero-order valence-electron chi connectivity index (χ0n) is 15.4. The number of hydrogen-bond acceptors (Lipinski definition) is 3. The van der Waals surface area contributed by atoms with Gasteiger partial charge in [0, 0.05) is 12.6 Å². The number of carbonyl (C=O) groups excluding carboxylic acids is 1. The first-order valence-corrected chi connectivity index (χ1v) is 8.06. The van der Waals surface area contributed by atoms with Gasteiger partial charge in [-0.15, -0.1) is 0 Å². The molecule has 0 aliphatic rings. The number of hydrogen-bond donors (Lipinski definition) is 1. The van der Waals surface area contributed by atoms with E-state index in [1.165, 1.54) is 0 Å². The van der Waals surface area contributed by atoms with E-state index in [1.54, 1.807) is 0 Å². The molecule has 30 heavy (non-hydrogen) atoms. The van der Waals surface area contributed by atoms with Crippen LogP contribution in [0.5, 0.6) is 5.75 Å². The van der Waals surface area contributed by atoms with Crippen molar-refractivity contribution < 1.29 is 50.2 Å². The van der Waals surface area contributed by atoms with Crippen molar-refractivity contribution in [2.45, 2.75) is 18.0 Å². The molecule has 12 heteroatoms. The number of carboxylic acids is 1. The summed E-state index contributed by atoms with van der Waals surface area (Å²) in [5.74, 6) is -15.5. The molecule has 0 unspecified atom stereocenters. The van der Waals surface area contributed by atoms with E-state index in [9.17, 15) is 40.3 Å². The maximum Gasteiger partial charge on any atom is 0.460 e. The molecule has 5 nitrogen and oxygen atoms in total. The maximum absolute atomic E-state index is 14.5. The highest BCUT2D eigenvalue weighted by Crippen LogP contribution is 2.55. The number of ether oxygens (including phenoxy) is 1. The average Bonchev–Trinajstić information content (AvgIpc) is 2.64. The standard InChI is InChI=1S/C18H14F7NO4/c1-26(8-13(27)28)15(29)11-5-3-4-10-9(11)6-7-12(30-2)14(10)16(19,20)17(21,22)18(23,24)25/h3-7H,8H2,1-2H3,(H,27,28). The molecular formula is C18H14F7NO4. The molecular weight excluding hydrogens is 427 g/mol. The topological polar surface area (TPSA) is 66.8 Å². The molecule has 0 saturated carbocycles. The van der Waals surface area contributed by atoms with E-state index >= 15 is 0 Å². The van der Waals surface area contributed by atoms with Crippen LogP contribution in [-0.4, -0.2) is 54.7 Å². The van der Waals surface area contributed by atoms with Gasteiger partial charge in [0.2, 0.25) is 0 Å². The number of carbonyl (C=O) groups is 2. The molecule has 2 aromatic carbocycles. The first-order valence-electron chi connectivity index (χ1n) is 8.06. The third-order valence-corrected chi connectivity index (χ3v) is 4.26. The number of rotatable bonds is 6. The summed E-state index contributed by atoms with van der Waals surface area (Å²) in [6.07, 6.45) is -6.57. The minimum atomic E-state index is -6.57. The van der Waals surface area contributed by atoms with Crippen LogP contribution in [0.2, 0.25) is 0 Å². The van der Waals surface area contributed by atoms with Gasteiger partial charge in [0.1, 0.15) is 12.3 Å². The Kier molecular flexibility index (Phi) is 5.92. The summed E-state index contributed by atoms with van der Waals surface area (Å²) in [5.41, 5.74) is -2.12. The average molecular weight is 441 g/mol. The van der Waals surface area contributed by atoms with Gasteiger partial charge in [0.05, 0.1) is 12.7 Å². The minimum absolute atomic E-state index is 0.369. The smallest absolute Gasteiger partial charge is 0.460 e. The third kappa shape index (κ3) is 3.73. The lowest BCUT2D eigenvalue weighted by atomic mass is 9.92. The van der Waals surface area contributed by atoms with Gasteiger partial charge in [0.15, 0.2) is 0 Å². The lowest BCUT2D eigenvalue weighted by Gasteiger charge is -2.30. The van der Waals surface area contributed by atoms with E-state index in [1.807, 2.05) is 0 Å². The number of alkyl halides is 7. The Labute approximate surface area is 164 Å². The van der Waals surface area contributed by atoms with E-state index in [4.69, 9.17) is 5.11 Å². The van der Waals surface area contributed by atoms with Crippen LogP contribution in [-0.2, 0) is 10.7 Å². The van der Waals surface area contributed by atoms with Crippen molar-refractivity contribution in [3.8, 4) is 5.75 Å². The van der Waals surface area contributed by atoms with Crippen LogP contribution in [0.4, 0.5) is 30.7 Å². The van der Waals surface area contributed by atoms with Gasteiger partial charge in [-0.1, -0.05) is 12.1 Å². The highest BCUT2D eigenvalue weighted by Gasteiger charge is 2.74. The van der Waals surface area contributed by atoms with Gasteiger partial charge in [-0.2, -0.15) is 30.7 Å². The molecule has 164 valence electrons. The van der Waals surface area contributed by atoms with Crippen LogP contribution in [0.25, 0.3) is 10.8 Å². The van der Waals surface area contributed by atoms with Crippen LogP contribution < -0.4 is 4.74 Å². The molecule has 2 rings (SSSR count). The summed E-state index contributed by atoms with van der Waals surface area (Å²) in [5, 5.41) is 7.62. The molecule has 0 bridgehead atoms. The molecule has 0 radical (unpaired) electrons. The van der Waals surface area contributed by atoms with Crippen molar-refractivity contribution in [3.05, 3.63) is 41.5 Å². The predicted molar refractivity (Wildman–Crippen MR) is 90.0 cm³/mol. The Bertz CT molecular complexity index is 988. The zero-order valence-corrected chi connectivity index (χ0v) is 15.4. The molecule has 0 aliphatic carbocycles. The second-order valence-corrected chi connectivity index (χ2v) is 6.25. The van der Waals surface area contributed by atoms with E-state index in [2.05, 4.69) is 4.74 Å². The summed E-state index contributed by atoms with van der Waals surface area (Å²) < 4.78 is 99.2. The van der Waals surface area contributed by atoms with E-state index in [0.29, 0.717) is 4.90 Å². The van der Waals surface area contributed by atoms with Crippen molar-refractivity contribution in [2.24, 2.45) is 0 Å². The van der Waals surface area contributed by atoms with Crippen LogP contribution in [0.15, 0.2) is 30.3 Å². The van der Waals surface area contributed by atoms with Crippen molar-refractivity contribution in [1.29, 1.82) is 0 Å². The monoisotopic (exact) mass is 441 g/mol. The Hall–Kier alpha value is -3.05. The number of nitrogens with zero attached hydrogens (tertiary/aromatic N) is 1. The molecule has 0 aliphatic heterocycles. The van der Waals surface area contributed by atoms with Crippen molar-refractivity contribution in [2.75, 3.05) is 20.7 Å². The lowest BCUT2D eigenvalue weighted by Crippen LogP contribution is -2.50. The number of aliphatic carboxylic acids is 1. The molecule has 0 spiro atoms. The van der Waals surface area contributed by atoms with Gasteiger partial charge in [-0.25, -0.2) is 0 Å². The van der Waals surface area contributed by atoms with Crippen LogP contribution >= 0.6 is 0 Å². The summed E-state index contributed by atoms with van der Waals surface area (Å²) in [6, 6.07) is 4.68. The normalized spacial score (nSPS) is 12.7. The largest absolute Gasteiger partial charge is 0.496 e. The molecule has 0 atom stereocenters. The van der Waals surface area contributed by atoms with Crippen LogP contribution in [0.3, 0.4) is 0 Å². The van der Waals surface area contributed by atoms with Crippen molar-refractivity contribution >= 4 is 22.6 Å². The fourth-order valence-electron chi connectivity index (χ4n) is 2.83. The summed E-state index contributed by atoms with van der Waals surface area (Å²) in [7, 11) is 1.90. The quantitative estimate of drug-likeness (QED) is 0.680. The Morgan fingerprint density at radius 2 is 1.60 bits per heavy atom. The van der Waals surface area contributed by atoms with Gasteiger partial charge in [-0.3, -0.25) is 9.59 Å². The summed E-state index contributed by atoms with van der Waals surface area (Å²) in [4.78, 5) is 24.0. The fraction of sp³-hybridized carbons (Fsp3) is 0.333. The van der Waals surface area contributed by atoms with E-state index < -0.39 is 53.1 Å². The van der Waals surface area contributed by atoms with E-state index in [-0.39, 0.29) is 10.9 Å². The fourth-order valence-corrected chi connectivity index (χ4v) is 2.83. The molecule has 0 fully saturated rings. The number of methoxy groups -OCH3 is 1. The number of fused-ring (bicyclic) bond motifs is 1. The minimum Gasteiger partial charge on any atom is -0.496 e. The Morgan fingerprint density at radius 1 is 1.00 bits per heavy atom. The molecule has 1 amide bonds. The number of likely N-dealkylation sites (N-methyl/N-ethyl adjacent to an activating group) is 1. The molecule has 0 saturated heterocycles. The molecule has 0 aromatic heterocycles. The first kappa shape index (κ1) is 23.2. The highest BCUT2D eigenvalue weighted by molar-refractivity contribution is 6.08. The van der Waals surface area contributed by atoms with E-state index in [0.717, 1.165) is 44.5 Å². The van der Waals surface area contributed by atoms with Gasteiger partial charge < -0.3 is 14.7 Å². The first-order chi connectivity index (χ1) is 13.7. The van der Waals surface area contributed by atoms with Gasteiger partial charge in [-0.05, 0) is 29.0 Å². The lowest BCUT2D eigenvalue weighted by molar-refractivity contribution is -0.359. The number of carboxylic acid groups (broad SMARTS) is 1. The number of halogens is 7. The zero-order chi connectivity index (χ0) is 23.1. The summed E-state index contributed by atoms with van der Waals surface area (Å²) in [6.45, 7) is -0.763. The van der Waals surface area contributed by atoms with Crippen LogP contribution in [0, 0.1) is 0 Å². The Morgan fingerprint density at radius 3 is 2.10 bits per heavy atom. The number of amides is 1.